The number of hydrogen-bond donors (Lipinski definition) is 1. The van der Waals surface area contributed by atoms with Gasteiger partial charge >= 0.3 is 0 Å². The molecule has 0 amide bonds. The van der Waals surface area contributed by atoms with Gasteiger partial charge in [0.15, 0.2) is 0 Å². The van der Waals surface area contributed by atoms with E-state index in [0.717, 1.165) is 0 Å². The second-order valence-corrected chi connectivity index (χ2v) is 6.88. The topological polar surface area (TPSA) is 12.0 Å². The second-order valence-electron chi connectivity index (χ2n) is 5.85. The van der Waals surface area contributed by atoms with Gasteiger partial charge in [-0.1, -0.05) is 37.6 Å². The molecule has 1 atom stereocenters. The molecule has 1 aromatic carbocycles. The lowest BCUT2D eigenvalue weighted by molar-refractivity contribution is 0.120. The molecule has 1 aromatic rings. The maximum atomic E-state index is 3.85. The molecule has 0 radical (unpaired) electrons. The van der Waals surface area contributed by atoms with E-state index in [2.05, 4.69) is 48.3 Å². The third-order valence-corrected chi connectivity index (χ3v) is 5.94. The number of thioether (sulfide) groups is 1. The molecule has 1 aliphatic carbocycles. The van der Waals surface area contributed by atoms with Gasteiger partial charge in [-0.3, -0.25) is 0 Å². The summed E-state index contributed by atoms with van der Waals surface area (Å²) in [6.07, 6.45) is 5.63. The summed E-state index contributed by atoms with van der Waals surface area (Å²) in [5.74, 6) is 2.42. The molecule has 1 saturated carbocycles. The first-order chi connectivity index (χ1) is 8.83. The van der Waals surface area contributed by atoms with Gasteiger partial charge in [-0.15, -0.1) is 0 Å². The van der Waals surface area contributed by atoms with Crippen molar-refractivity contribution in [1.82, 2.24) is 5.32 Å². The second kappa shape index (κ2) is 5.26. The van der Waals surface area contributed by atoms with Crippen LogP contribution in [0.5, 0.6) is 0 Å². The fourth-order valence-electron chi connectivity index (χ4n) is 3.22. The molecule has 2 heteroatoms. The summed E-state index contributed by atoms with van der Waals surface area (Å²) in [4.78, 5) is 0. The van der Waals surface area contributed by atoms with Gasteiger partial charge in [-0.25, -0.2) is 0 Å². The standard InChI is InChI=1S/C16H23NS/c1-2-16(8-5-9-16)12-17-15-11-18-10-13-6-3-4-7-14(13)15/h3-4,6-7,15,17H,2,5,8-12H2,1H3. The monoisotopic (exact) mass is 261 g/mol. The zero-order valence-electron chi connectivity index (χ0n) is 11.2. The number of hydrogen-bond acceptors (Lipinski definition) is 2. The van der Waals surface area contributed by atoms with E-state index < -0.39 is 0 Å². The van der Waals surface area contributed by atoms with Crippen LogP contribution >= 0.6 is 11.8 Å². The first-order valence-electron chi connectivity index (χ1n) is 7.22. The SMILES string of the molecule is CCC1(CNC2CSCc3ccccc32)CCC1. The van der Waals surface area contributed by atoms with Crippen LogP contribution in [0.2, 0.25) is 0 Å². The number of fused-ring (bicyclic) bond motifs is 1. The van der Waals surface area contributed by atoms with Crippen molar-refractivity contribution < 1.29 is 0 Å². The van der Waals surface area contributed by atoms with E-state index in [1.165, 1.54) is 49.3 Å². The highest BCUT2D eigenvalue weighted by atomic mass is 32.2. The predicted octanol–water partition coefficient (Wildman–Crippen LogP) is 4.14. The quantitative estimate of drug-likeness (QED) is 0.874. The van der Waals surface area contributed by atoms with Crippen molar-refractivity contribution >= 4 is 11.8 Å². The Morgan fingerprint density at radius 2 is 2.17 bits per heavy atom. The fourth-order valence-corrected chi connectivity index (χ4v) is 4.36. The molecule has 0 saturated heterocycles. The van der Waals surface area contributed by atoms with Crippen molar-refractivity contribution in [2.75, 3.05) is 12.3 Å². The molecule has 0 spiro atoms. The van der Waals surface area contributed by atoms with Gasteiger partial charge in [0, 0.05) is 24.1 Å². The van der Waals surface area contributed by atoms with Gasteiger partial charge in [0.25, 0.3) is 0 Å². The Bertz CT molecular complexity index is 406. The summed E-state index contributed by atoms with van der Waals surface area (Å²) >= 11 is 2.07. The van der Waals surface area contributed by atoms with E-state index in [0.29, 0.717) is 11.5 Å². The summed E-state index contributed by atoms with van der Waals surface area (Å²) < 4.78 is 0. The van der Waals surface area contributed by atoms with Gasteiger partial charge in [0.2, 0.25) is 0 Å². The van der Waals surface area contributed by atoms with Crippen molar-refractivity contribution in [1.29, 1.82) is 0 Å². The Kier molecular flexibility index (Phi) is 3.67. The summed E-state index contributed by atoms with van der Waals surface area (Å²) in [6.45, 7) is 3.56. The van der Waals surface area contributed by atoms with Gasteiger partial charge in [-0.05, 0) is 35.8 Å². The van der Waals surface area contributed by atoms with Crippen LogP contribution in [0.15, 0.2) is 24.3 Å². The first kappa shape index (κ1) is 12.6. The summed E-state index contributed by atoms with van der Waals surface area (Å²) in [5.41, 5.74) is 3.70. The molecule has 1 aliphatic heterocycles. The van der Waals surface area contributed by atoms with Crippen LogP contribution in [0.4, 0.5) is 0 Å². The summed E-state index contributed by atoms with van der Waals surface area (Å²) in [6, 6.07) is 9.52. The highest BCUT2D eigenvalue weighted by Gasteiger charge is 2.35. The Balaban J connectivity index is 1.67. The van der Waals surface area contributed by atoms with E-state index in [9.17, 15) is 0 Å². The highest BCUT2D eigenvalue weighted by molar-refractivity contribution is 7.98. The molecule has 1 heterocycles. The van der Waals surface area contributed by atoms with Gasteiger partial charge in [0.1, 0.15) is 0 Å². The minimum absolute atomic E-state index is 0.573. The number of benzene rings is 1. The average Bonchev–Trinajstić information content (AvgIpc) is 2.38. The third-order valence-electron chi connectivity index (χ3n) is 4.86. The largest absolute Gasteiger partial charge is 0.309 e. The molecule has 1 fully saturated rings. The van der Waals surface area contributed by atoms with Crippen molar-refractivity contribution in [2.24, 2.45) is 5.41 Å². The molecule has 18 heavy (non-hydrogen) atoms. The normalized spacial score (nSPS) is 25.3. The molecular formula is C16H23NS. The smallest absolute Gasteiger partial charge is 0.0415 e. The predicted molar refractivity (Wildman–Crippen MR) is 79.9 cm³/mol. The molecule has 98 valence electrons. The van der Waals surface area contributed by atoms with Crippen molar-refractivity contribution in [3.8, 4) is 0 Å². The van der Waals surface area contributed by atoms with E-state index in [1.807, 2.05) is 0 Å². The maximum Gasteiger partial charge on any atom is 0.0415 e. The minimum atomic E-state index is 0.573. The van der Waals surface area contributed by atoms with E-state index in [4.69, 9.17) is 0 Å². The number of rotatable bonds is 4. The highest BCUT2D eigenvalue weighted by Crippen LogP contribution is 2.44. The van der Waals surface area contributed by atoms with Crippen molar-refractivity contribution in [3.05, 3.63) is 35.4 Å². The zero-order chi connectivity index (χ0) is 12.4. The van der Waals surface area contributed by atoms with E-state index >= 15 is 0 Å². The number of nitrogens with one attached hydrogen (secondary N) is 1. The van der Waals surface area contributed by atoms with E-state index in [-0.39, 0.29) is 0 Å². The van der Waals surface area contributed by atoms with Gasteiger partial charge in [-0.2, -0.15) is 11.8 Å². The maximum absolute atomic E-state index is 3.85. The Morgan fingerprint density at radius 1 is 1.33 bits per heavy atom. The Morgan fingerprint density at radius 3 is 2.89 bits per heavy atom. The van der Waals surface area contributed by atoms with Crippen LogP contribution in [-0.4, -0.2) is 12.3 Å². The lowest BCUT2D eigenvalue weighted by atomic mass is 9.67. The van der Waals surface area contributed by atoms with Crippen LogP contribution in [0.3, 0.4) is 0 Å². The lowest BCUT2D eigenvalue weighted by Crippen LogP contribution is -2.41. The average molecular weight is 261 g/mol. The summed E-state index contributed by atoms with van der Waals surface area (Å²) in [7, 11) is 0. The molecule has 3 rings (SSSR count). The Labute approximate surface area is 115 Å². The molecule has 1 unspecified atom stereocenters. The van der Waals surface area contributed by atoms with Crippen molar-refractivity contribution in [2.45, 2.75) is 44.4 Å². The van der Waals surface area contributed by atoms with Crippen LogP contribution in [0, 0.1) is 5.41 Å². The molecule has 1 nitrogen and oxygen atoms in total. The minimum Gasteiger partial charge on any atom is -0.309 e. The van der Waals surface area contributed by atoms with E-state index in [1.54, 1.807) is 5.56 Å². The van der Waals surface area contributed by atoms with Crippen molar-refractivity contribution in [3.63, 3.8) is 0 Å². The zero-order valence-corrected chi connectivity index (χ0v) is 12.1. The molecule has 0 aromatic heterocycles. The molecule has 1 N–H and O–H groups in total. The molecular weight excluding hydrogens is 238 g/mol. The molecule has 2 aliphatic rings. The lowest BCUT2D eigenvalue weighted by Gasteiger charge is -2.43. The third kappa shape index (κ3) is 2.33. The van der Waals surface area contributed by atoms with Gasteiger partial charge < -0.3 is 5.32 Å². The fraction of sp³-hybridized carbons (Fsp3) is 0.625. The van der Waals surface area contributed by atoms with Crippen LogP contribution in [0.1, 0.15) is 49.8 Å². The molecule has 0 bridgehead atoms. The van der Waals surface area contributed by atoms with Crippen LogP contribution < -0.4 is 5.32 Å². The van der Waals surface area contributed by atoms with Gasteiger partial charge in [0.05, 0.1) is 0 Å². The Hall–Kier alpha value is -0.470. The van der Waals surface area contributed by atoms with Crippen LogP contribution in [0.25, 0.3) is 0 Å². The summed E-state index contributed by atoms with van der Waals surface area (Å²) in [5, 5.41) is 3.85. The van der Waals surface area contributed by atoms with Crippen LogP contribution in [-0.2, 0) is 5.75 Å². The first-order valence-corrected chi connectivity index (χ1v) is 8.37.